The number of aryl methyl sites for hydroxylation is 1. The zero-order valence-electron chi connectivity index (χ0n) is 9.84. The van der Waals surface area contributed by atoms with Gasteiger partial charge in [-0.2, -0.15) is 4.98 Å². The number of nitrogens with zero attached hydrogens (tertiary/aromatic N) is 4. The van der Waals surface area contributed by atoms with Crippen molar-refractivity contribution in [3.63, 3.8) is 0 Å². The Kier molecular flexibility index (Phi) is 2.91. The van der Waals surface area contributed by atoms with E-state index >= 15 is 0 Å². The van der Waals surface area contributed by atoms with E-state index in [1.165, 1.54) is 4.57 Å². The lowest BCUT2D eigenvalue weighted by molar-refractivity contribution is 0.909. The first-order valence-corrected chi connectivity index (χ1v) is 6.60. The van der Waals surface area contributed by atoms with E-state index in [1.807, 2.05) is 12.1 Å². The lowest BCUT2D eigenvalue weighted by Crippen LogP contribution is -2.20. The molecule has 19 heavy (non-hydrogen) atoms. The second-order valence-corrected chi connectivity index (χ2v) is 5.28. The van der Waals surface area contributed by atoms with Crippen LogP contribution >= 0.6 is 27.5 Å². The highest BCUT2D eigenvalue weighted by atomic mass is 79.9. The van der Waals surface area contributed by atoms with Gasteiger partial charge in [0.15, 0.2) is 11.2 Å². The minimum atomic E-state index is -0.280. The minimum absolute atomic E-state index is 0.114. The molecule has 0 fully saturated rings. The van der Waals surface area contributed by atoms with Crippen molar-refractivity contribution >= 4 is 38.7 Å². The minimum Gasteiger partial charge on any atom is -0.318 e. The van der Waals surface area contributed by atoms with Crippen LogP contribution in [0, 0.1) is 0 Å². The molecule has 0 bridgehead atoms. The third-order valence-corrected chi connectivity index (χ3v) is 3.56. The van der Waals surface area contributed by atoms with Crippen molar-refractivity contribution in [3.8, 4) is 5.69 Å². The summed E-state index contributed by atoms with van der Waals surface area (Å²) in [7, 11) is 1.77. The molecule has 5 nitrogen and oxygen atoms in total. The highest BCUT2D eigenvalue weighted by molar-refractivity contribution is 9.10. The Balaban J connectivity index is 2.35. The molecule has 7 heteroatoms. The molecule has 0 unspecified atom stereocenters. The molecule has 96 valence electrons. The summed E-state index contributed by atoms with van der Waals surface area (Å²) in [5, 5.41) is 0.114. The Morgan fingerprint density at radius 2 is 1.95 bits per heavy atom. The summed E-state index contributed by atoms with van der Waals surface area (Å²) in [6, 6.07) is 7.24. The van der Waals surface area contributed by atoms with E-state index in [1.54, 1.807) is 30.1 Å². The fourth-order valence-electron chi connectivity index (χ4n) is 1.85. The lowest BCUT2D eigenvalue weighted by atomic mass is 10.3. The average Bonchev–Trinajstić information content (AvgIpc) is 2.74. The molecule has 3 rings (SSSR count). The van der Waals surface area contributed by atoms with Gasteiger partial charge in [-0.15, -0.1) is 0 Å². The summed E-state index contributed by atoms with van der Waals surface area (Å²) in [6.07, 6.45) is 1.54. The summed E-state index contributed by atoms with van der Waals surface area (Å²) >= 11 is 9.46. The van der Waals surface area contributed by atoms with Crippen LogP contribution < -0.4 is 5.56 Å². The van der Waals surface area contributed by atoms with Gasteiger partial charge in [-0.25, -0.2) is 9.55 Å². The van der Waals surface area contributed by atoms with E-state index in [0.717, 1.165) is 4.47 Å². The third kappa shape index (κ3) is 1.97. The standard InChI is InChI=1S/C12H8BrClN4O/c1-17-6-15-9-10(17)16-12(14)18(11(9)19)8-4-2-7(13)3-5-8/h2-6H,1H3. The first kappa shape index (κ1) is 12.4. The largest absolute Gasteiger partial charge is 0.318 e. The van der Waals surface area contributed by atoms with Gasteiger partial charge in [0.1, 0.15) is 0 Å². The molecule has 0 radical (unpaired) electrons. The Morgan fingerprint density at radius 3 is 2.63 bits per heavy atom. The van der Waals surface area contributed by atoms with Crippen LogP contribution in [-0.2, 0) is 7.05 Å². The number of imidazole rings is 1. The highest BCUT2D eigenvalue weighted by Crippen LogP contribution is 2.17. The van der Waals surface area contributed by atoms with Crippen LogP contribution in [0.2, 0.25) is 5.28 Å². The molecule has 0 aliphatic rings. The van der Waals surface area contributed by atoms with Crippen LogP contribution in [0.5, 0.6) is 0 Å². The van der Waals surface area contributed by atoms with Crippen molar-refractivity contribution in [2.45, 2.75) is 0 Å². The second-order valence-electron chi connectivity index (χ2n) is 4.03. The van der Waals surface area contributed by atoms with Gasteiger partial charge in [0, 0.05) is 11.5 Å². The molecule has 2 aromatic heterocycles. The smallest absolute Gasteiger partial charge is 0.287 e. The van der Waals surface area contributed by atoms with Crippen LogP contribution in [0.3, 0.4) is 0 Å². The maximum absolute atomic E-state index is 12.4. The van der Waals surface area contributed by atoms with Crippen molar-refractivity contribution in [1.82, 2.24) is 19.1 Å². The van der Waals surface area contributed by atoms with Gasteiger partial charge < -0.3 is 4.57 Å². The van der Waals surface area contributed by atoms with Gasteiger partial charge in [0.25, 0.3) is 5.56 Å². The van der Waals surface area contributed by atoms with Crippen LogP contribution in [-0.4, -0.2) is 19.1 Å². The van der Waals surface area contributed by atoms with Crippen LogP contribution in [0.15, 0.2) is 39.9 Å². The number of aromatic nitrogens is 4. The first-order chi connectivity index (χ1) is 9.08. The molecule has 0 spiro atoms. The molecule has 0 saturated heterocycles. The topological polar surface area (TPSA) is 52.7 Å². The van der Waals surface area contributed by atoms with Crippen molar-refractivity contribution in [1.29, 1.82) is 0 Å². The zero-order chi connectivity index (χ0) is 13.6. The number of benzene rings is 1. The number of halogens is 2. The summed E-state index contributed by atoms with van der Waals surface area (Å²) in [6.45, 7) is 0. The maximum atomic E-state index is 12.4. The summed E-state index contributed by atoms with van der Waals surface area (Å²) in [5.41, 5.74) is 1.15. The van der Waals surface area contributed by atoms with E-state index in [-0.39, 0.29) is 10.8 Å². The number of hydrogen-bond donors (Lipinski definition) is 0. The second kappa shape index (κ2) is 4.47. The predicted molar refractivity (Wildman–Crippen MR) is 76.8 cm³/mol. The van der Waals surface area contributed by atoms with Gasteiger partial charge >= 0.3 is 0 Å². The first-order valence-electron chi connectivity index (χ1n) is 5.43. The van der Waals surface area contributed by atoms with E-state index < -0.39 is 0 Å². The average molecular weight is 340 g/mol. The number of rotatable bonds is 1. The molecule has 0 saturated carbocycles. The summed E-state index contributed by atoms with van der Waals surface area (Å²) in [4.78, 5) is 20.7. The molecular formula is C12H8BrClN4O. The Morgan fingerprint density at radius 1 is 1.26 bits per heavy atom. The van der Waals surface area contributed by atoms with Gasteiger partial charge in [-0.3, -0.25) is 4.79 Å². The zero-order valence-corrected chi connectivity index (χ0v) is 12.2. The van der Waals surface area contributed by atoms with Gasteiger partial charge in [-0.1, -0.05) is 15.9 Å². The van der Waals surface area contributed by atoms with E-state index in [0.29, 0.717) is 16.9 Å². The molecule has 2 heterocycles. The van der Waals surface area contributed by atoms with Crippen LogP contribution in [0.4, 0.5) is 0 Å². The van der Waals surface area contributed by atoms with E-state index in [4.69, 9.17) is 11.6 Å². The van der Waals surface area contributed by atoms with Gasteiger partial charge in [0.2, 0.25) is 5.28 Å². The Hall–Kier alpha value is -1.66. The molecule has 1 aromatic carbocycles. The fourth-order valence-corrected chi connectivity index (χ4v) is 2.37. The third-order valence-electron chi connectivity index (χ3n) is 2.78. The highest BCUT2D eigenvalue weighted by Gasteiger charge is 2.14. The normalized spacial score (nSPS) is 11.1. The quantitative estimate of drug-likeness (QED) is 0.640. The van der Waals surface area contributed by atoms with Crippen LogP contribution in [0.1, 0.15) is 0 Å². The molecule has 0 N–H and O–H groups in total. The van der Waals surface area contributed by atoms with Gasteiger partial charge in [0.05, 0.1) is 12.0 Å². The molecule has 0 aliphatic heterocycles. The monoisotopic (exact) mass is 338 g/mol. The van der Waals surface area contributed by atoms with Gasteiger partial charge in [-0.05, 0) is 35.9 Å². The van der Waals surface area contributed by atoms with Crippen molar-refractivity contribution in [2.24, 2.45) is 7.05 Å². The van der Waals surface area contributed by atoms with E-state index in [9.17, 15) is 4.79 Å². The van der Waals surface area contributed by atoms with Crippen molar-refractivity contribution in [2.75, 3.05) is 0 Å². The SMILES string of the molecule is Cn1cnc2c(=O)n(-c3ccc(Br)cc3)c(Cl)nc21. The lowest BCUT2D eigenvalue weighted by Gasteiger charge is -2.07. The number of hydrogen-bond acceptors (Lipinski definition) is 3. The Bertz CT molecular complexity index is 822. The maximum Gasteiger partial charge on any atom is 0.287 e. The summed E-state index contributed by atoms with van der Waals surface area (Å²) < 4.78 is 3.92. The van der Waals surface area contributed by atoms with Crippen molar-refractivity contribution in [3.05, 3.63) is 50.7 Å². The fraction of sp³-hybridized carbons (Fsp3) is 0.0833. The predicted octanol–water partition coefficient (Wildman–Crippen LogP) is 2.54. The van der Waals surface area contributed by atoms with Crippen molar-refractivity contribution < 1.29 is 0 Å². The molecule has 0 amide bonds. The molecular weight excluding hydrogens is 332 g/mol. The molecule has 0 aliphatic carbocycles. The number of fused-ring (bicyclic) bond motifs is 1. The molecule has 0 atom stereocenters. The summed E-state index contributed by atoms with van der Waals surface area (Å²) in [5.74, 6) is 0. The Labute approximate surface area is 121 Å². The van der Waals surface area contributed by atoms with Crippen LogP contribution in [0.25, 0.3) is 16.9 Å². The van der Waals surface area contributed by atoms with E-state index in [2.05, 4.69) is 25.9 Å². The molecule has 3 aromatic rings.